The molecule has 1 aliphatic carbocycles. The molecule has 2 N–H and O–H groups in total. The minimum absolute atomic E-state index is 0.114. The Bertz CT molecular complexity index is 522. The van der Waals surface area contributed by atoms with Gasteiger partial charge in [0.2, 0.25) is 0 Å². The molecule has 0 saturated heterocycles. The Morgan fingerprint density at radius 2 is 2.00 bits per heavy atom. The summed E-state index contributed by atoms with van der Waals surface area (Å²) >= 11 is 0. The van der Waals surface area contributed by atoms with E-state index in [9.17, 15) is 10.1 Å². The van der Waals surface area contributed by atoms with Crippen molar-refractivity contribution in [3.8, 4) is 0 Å². The zero-order valence-electron chi connectivity index (χ0n) is 13.8. The molecule has 6 heteroatoms. The Morgan fingerprint density at radius 1 is 1.30 bits per heavy atom. The second-order valence-corrected chi connectivity index (χ2v) is 5.99. The molecule has 0 aliphatic heterocycles. The van der Waals surface area contributed by atoms with E-state index in [2.05, 4.69) is 22.5 Å². The highest BCUT2D eigenvalue weighted by molar-refractivity contribution is 5.80. The normalized spacial score (nSPS) is 15.6. The van der Waals surface area contributed by atoms with Gasteiger partial charge in [-0.05, 0) is 24.8 Å². The van der Waals surface area contributed by atoms with Gasteiger partial charge >= 0.3 is 0 Å². The van der Waals surface area contributed by atoms with Crippen LogP contribution in [-0.2, 0) is 6.54 Å². The molecule has 0 spiro atoms. The summed E-state index contributed by atoms with van der Waals surface area (Å²) in [7, 11) is 0. The molecule has 0 aromatic heterocycles. The van der Waals surface area contributed by atoms with Gasteiger partial charge in [-0.1, -0.05) is 38.3 Å². The lowest BCUT2D eigenvalue weighted by atomic mass is 10.2. The van der Waals surface area contributed by atoms with Gasteiger partial charge in [-0.15, -0.1) is 0 Å². The van der Waals surface area contributed by atoms with Crippen molar-refractivity contribution in [3.05, 3.63) is 39.9 Å². The molecule has 23 heavy (non-hydrogen) atoms. The van der Waals surface area contributed by atoms with Crippen molar-refractivity contribution in [2.24, 2.45) is 4.99 Å². The third kappa shape index (κ3) is 5.88. The van der Waals surface area contributed by atoms with E-state index >= 15 is 0 Å². The van der Waals surface area contributed by atoms with Crippen LogP contribution in [0.1, 0.15) is 51.0 Å². The Hall–Kier alpha value is -2.11. The quantitative estimate of drug-likeness (QED) is 0.265. The molecule has 0 radical (unpaired) electrons. The highest BCUT2D eigenvalue weighted by Gasteiger charge is 2.15. The average Bonchev–Trinajstić information content (AvgIpc) is 3.06. The van der Waals surface area contributed by atoms with Crippen LogP contribution in [0.15, 0.2) is 29.3 Å². The van der Waals surface area contributed by atoms with E-state index in [4.69, 9.17) is 0 Å². The minimum atomic E-state index is -0.383. The first kappa shape index (κ1) is 17.2. The number of rotatable bonds is 7. The van der Waals surface area contributed by atoms with E-state index in [1.54, 1.807) is 12.1 Å². The predicted octanol–water partition coefficient (Wildman–Crippen LogP) is 3.37. The fourth-order valence-electron chi connectivity index (χ4n) is 2.69. The number of benzene rings is 1. The zero-order chi connectivity index (χ0) is 16.5. The molecule has 126 valence electrons. The number of aliphatic imine (C=N–C) groups is 1. The fourth-order valence-corrected chi connectivity index (χ4v) is 2.69. The van der Waals surface area contributed by atoms with Gasteiger partial charge in [0.05, 0.1) is 11.5 Å². The number of nitro benzene ring substituents is 1. The lowest BCUT2D eigenvalue weighted by Crippen LogP contribution is -2.42. The summed E-state index contributed by atoms with van der Waals surface area (Å²) < 4.78 is 0. The summed E-state index contributed by atoms with van der Waals surface area (Å²) in [5, 5.41) is 17.6. The number of hydrogen-bond acceptors (Lipinski definition) is 3. The maximum absolute atomic E-state index is 10.7. The van der Waals surface area contributed by atoms with E-state index in [1.807, 2.05) is 0 Å². The standard InChI is InChI=1S/C17H26N4O2/c1-2-3-12-18-17(20-15-6-4-5-7-15)19-13-14-8-10-16(11-9-14)21(22)23/h8-11,15H,2-7,12-13H2,1H3,(H2,18,19,20). The van der Waals surface area contributed by atoms with Gasteiger partial charge in [0.15, 0.2) is 5.96 Å². The Labute approximate surface area is 137 Å². The summed E-state index contributed by atoms with van der Waals surface area (Å²) in [6.45, 7) is 3.60. The van der Waals surface area contributed by atoms with Crippen molar-refractivity contribution in [1.29, 1.82) is 0 Å². The maximum atomic E-state index is 10.7. The lowest BCUT2D eigenvalue weighted by molar-refractivity contribution is -0.384. The number of hydrogen-bond donors (Lipinski definition) is 2. The summed E-state index contributed by atoms with van der Waals surface area (Å²) in [5.74, 6) is 0.851. The van der Waals surface area contributed by atoms with Gasteiger partial charge < -0.3 is 10.6 Å². The Balaban J connectivity index is 1.94. The smallest absolute Gasteiger partial charge is 0.269 e. The molecule has 2 rings (SSSR count). The van der Waals surface area contributed by atoms with Crippen LogP contribution in [0.5, 0.6) is 0 Å². The number of nitrogens with one attached hydrogen (secondary N) is 2. The van der Waals surface area contributed by atoms with Crippen molar-refractivity contribution in [2.45, 2.75) is 58.0 Å². The monoisotopic (exact) mass is 318 g/mol. The van der Waals surface area contributed by atoms with Gasteiger partial charge in [0.25, 0.3) is 5.69 Å². The van der Waals surface area contributed by atoms with Crippen LogP contribution < -0.4 is 10.6 Å². The lowest BCUT2D eigenvalue weighted by Gasteiger charge is -2.17. The molecule has 1 saturated carbocycles. The van der Waals surface area contributed by atoms with Crippen molar-refractivity contribution in [1.82, 2.24) is 10.6 Å². The highest BCUT2D eigenvalue weighted by atomic mass is 16.6. The Kier molecular flexibility index (Phi) is 6.84. The molecule has 0 bridgehead atoms. The van der Waals surface area contributed by atoms with E-state index in [1.165, 1.54) is 37.8 Å². The second-order valence-electron chi connectivity index (χ2n) is 5.99. The molecular weight excluding hydrogens is 292 g/mol. The predicted molar refractivity (Wildman–Crippen MR) is 92.5 cm³/mol. The molecule has 0 amide bonds. The third-order valence-electron chi connectivity index (χ3n) is 4.09. The van der Waals surface area contributed by atoms with E-state index in [-0.39, 0.29) is 10.6 Å². The molecule has 1 aliphatic rings. The first-order valence-electron chi connectivity index (χ1n) is 8.47. The van der Waals surface area contributed by atoms with Gasteiger partial charge in [0, 0.05) is 24.7 Å². The number of unbranched alkanes of at least 4 members (excludes halogenated alkanes) is 1. The fraction of sp³-hybridized carbons (Fsp3) is 0.588. The van der Waals surface area contributed by atoms with Crippen LogP contribution >= 0.6 is 0 Å². The van der Waals surface area contributed by atoms with Crippen LogP contribution in [0.3, 0.4) is 0 Å². The van der Waals surface area contributed by atoms with Crippen LogP contribution in [0.25, 0.3) is 0 Å². The number of non-ortho nitro benzene ring substituents is 1. The van der Waals surface area contributed by atoms with Gasteiger partial charge in [-0.3, -0.25) is 10.1 Å². The van der Waals surface area contributed by atoms with Gasteiger partial charge in [-0.25, -0.2) is 4.99 Å². The first-order chi connectivity index (χ1) is 11.2. The SMILES string of the molecule is CCCCNC(=NCc1ccc([N+](=O)[O-])cc1)NC1CCCC1. The maximum Gasteiger partial charge on any atom is 0.269 e. The van der Waals surface area contributed by atoms with Crippen molar-refractivity contribution in [3.63, 3.8) is 0 Å². The summed E-state index contributed by atoms with van der Waals surface area (Å²) in [5.41, 5.74) is 1.08. The molecule has 1 aromatic carbocycles. The molecule has 0 unspecified atom stereocenters. The van der Waals surface area contributed by atoms with Gasteiger partial charge in [-0.2, -0.15) is 0 Å². The van der Waals surface area contributed by atoms with Crippen molar-refractivity contribution < 1.29 is 4.92 Å². The summed E-state index contributed by atoms with van der Waals surface area (Å²) in [4.78, 5) is 14.9. The topological polar surface area (TPSA) is 79.6 Å². The molecule has 0 atom stereocenters. The van der Waals surface area contributed by atoms with Crippen LogP contribution in [0.4, 0.5) is 5.69 Å². The van der Waals surface area contributed by atoms with Crippen molar-refractivity contribution in [2.75, 3.05) is 6.54 Å². The van der Waals surface area contributed by atoms with E-state index in [0.717, 1.165) is 30.9 Å². The van der Waals surface area contributed by atoms with Crippen LogP contribution in [0.2, 0.25) is 0 Å². The number of guanidine groups is 1. The van der Waals surface area contributed by atoms with E-state index < -0.39 is 0 Å². The zero-order valence-corrected chi connectivity index (χ0v) is 13.8. The number of nitrogens with zero attached hydrogens (tertiary/aromatic N) is 2. The van der Waals surface area contributed by atoms with E-state index in [0.29, 0.717) is 12.6 Å². The summed E-state index contributed by atoms with van der Waals surface area (Å²) in [6.07, 6.45) is 7.22. The largest absolute Gasteiger partial charge is 0.356 e. The second kappa shape index (κ2) is 9.12. The highest BCUT2D eigenvalue weighted by Crippen LogP contribution is 2.17. The Morgan fingerprint density at radius 3 is 2.61 bits per heavy atom. The molecule has 0 heterocycles. The van der Waals surface area contributed by atoms with Crippen molar-refractivity contribution >= 4 is 11.6 Å². The van der Waals surface area contributed by atoms with Crippen LogP contribution in [-0.4, -0.2) is 23.5 Å². The molecule has 1 aromatic rings. The van der Waals surface area contributed by atoms with Crippen LogP contribution in [0, 0.1) is 10.1 Å². The molecular formula is C17H26N4O2. The summed E-state index contributed by atoms with van der Waals surface area (Å²) in [6, 6.07) is 7.10. The molecule has 1 fully saturated rings. The number of nitro groups is 1. The molecule has 6 nitrogen and oxygen atoms in total. The third-order valence-corrected chi connectivity index (χ3v) is 4.09. The average molecular weight is 318 g/mol. The minimum Gasteiger partial charge on any atom is -0.356 e. The first-order valence-corrected chi connectivity index (χ1v) is 8.47. The van der Waals surface area contributed by atoms with Gasteiger partial charge in [0.1, 0.15) is 0 Å².